The van der Waals surface area contributed by atoms with E-state index in [9.17, 15) is 0 Å². The van der Waals surface area contributed by atoms with Crippen molar-refractivity contribution in [1.29, 1.82) is 0 Å². The molecule has 0 saturated heterocycles. The molecule has 2 fully saturated rings. The van der Waals surface area contributed by atoms with Gasteiger partial charge in [0.05, 0.1) is 0 Å². The summed E-state index contributed by atoms with van der Waals surface area (Å²) in [7, 11) is 0. The molecule has 0 aliphatic heterocycles. The minimum absolute atomic E-state index is 0.737. The molecule has 2 aliphatic carbocycles. The fourth-order valence-corrected chi connectivity index (χ4v) is 3.24. The zero-order chi connectivity index (χ0) is 7.90. The van der Waals surface area contributed by atoms with Crippen LogP contribution in [0.1, 0.15) is 52.4 Å². The normalized spacial score (nSPS) is 50.7. The van der Waals surface area contributed by atoms with E-state index in [-0.39, 0.29) is 0 Å². The third-order valence-corrected chi connectivity index (χ3v) is 4.47. The second-order valence-electron chi connectivity index (χ2n) is 4.99. The summed E-state index contributed by atoms with van der Waals surface area (Å²) in [6.07, 6.45) is 9.07. The van der Waals surface area contributed by atoms with E-state index in [0.29, 0.717) is 0 Å². The molecule has 2 aliphatic rings. The molecule has 0 radical (unpaired) electrons. The van der Waals surface area contributed by atoms with Crippen molar-refractivity contribution in [3.63, 3.8) is 0 Å². The van der Waals surface area contributed by atoms with Crippen LogP contribution in [-0.2, 0) is 0 Å². The predicted octanol–water partition coefficient (Wildman–Crippen LogP) is 3.61. The standard InChI is InChI=1S/C11H20/c1-9-10-5-3-4-7-11(9,2)8-6-10/h9-10H,3-8H2,1-2H3. The highest BCUT2D eigenvalue weighted by molar-refractivity contribution is 4.93. The van der Waals surface area contributed by atoms with E-state index in [2.05, 4.69) is 13.8 Å². The average Bonchev–Trinajstić information content (AvgIpc) is 2.13. The zero-order valence-corrected chi connectivity index (χ0v) is 7.90. The lowest BCUT2D eigenvalue weighted by Gasteiger charge is -2.29. The molecular formula is C11H20. The topological polar surface area (TPSA) is 0 Å². The highest BCUT2D eigenvalue weighted by Crippen LogP contribution is 2.53. The summed E-state index contributed by atoms with van der Waals surface area (Å²) < 4.78 is 0. The Morgan fingerprint density at radius 3 is 2.73 bits per heavy atom. The van der Waals surface area contributed by atoms with Crippen LogP contribution in [0, 0.1) is 17.3 Å². The van der Waals surface area contributed by atoms with Crippen LogP contribution in [0.4, 0.5) is 0 Å². The van der Waals surface area contributed by atoms with Crippen molar-refractivity contribution >= 4 is 0 Å². The van der Waals surface area contributed by atoms with E-state index in [0.717, 1.165) is 17.3 Å². The van der Waals surface area contributed by atoms with Crippen molar-refractivity contribution in [2.45, 2.75) is 52.4 Å². The van der Waals surface area contributed by atoms with Crippen LogP contribution in [-0.4, -0.2) is 0 Å². The van der Waals surface area contributed by atoms with Gasteiger partial charge in [0.25, 0.3) is 0 Å². The largest absolute Gasteiger partial charge is 0.0617 e. The molecular weight excluding hydrogens is 132 g/mol. The maximum absolute atomic E-state index is 2.52. The van der Waals surface area contributed by atoms with Gasteiger partial charge in [-0.1, -0.05) is 33.1 Å². The summed E-state index contributed by atoms with van der Waals surface area (Å²) in [5.41, 5.74) is 0.737. The summed E-state index contributed by atoms with van der Waals surface area (Å²) in [5, 5.41) is 0. The third-order valence-electron chi connectivity index (χ3n) is 4.47. The SMILES string of the molecule is CC1C2CCCCC1(C)CC2. The van der Waals surface area contributed by atoms with Crippen LogP contribution in [0.15, 0.2) is 0 Å². The average molecular weight is 152 g/mol. The fourth-order valence-electron chi connectivity index (χ4n) is 3.24. The molecule has 0 nitrogen and oxygen atoms in total. The minimum atomic E-state index is 0.737. The Bertz CT molecular complexity index is 148. The minimum Gasteiger partial charge on any atom is -0.0617 e. The Labute approximate surface area is 70.4 Å². The van der Waals surface area contributed by atoms with Crippen LogP contribution in [0.5, 0.6) is 0 Å². The van der Waals surface area contributed by atoms with Gasteiger partial charge >= 0.3 is 0 Å². The number of fused-ring (bicyclic) bond motifs is 2. The maximum atomic E-state index is 2.52. The van der Waals surface area contributed by atoms with Crippen molar-refractivity contribution in [3.8, 4) is 0 Å². The lowest BCUT2D eigenvalue weighted by atomic mass is 9.76. The molecule has 0 aromatic heterocycles. The molecule has 2 rings (SSSR count). The van der Waals surface area contributed by atoms with E-state index in [1.807, 2.05) is 0 Å². The molecule has 2 saturated carbocycles. The van der Waals surface area contributed by atoms with E-state index in [1.165, 1.54) is 38.5 Å². The predicted molar refractivity (Wildman–Crippen MR) is 48.5 cm³/mol. The molecule has 0 heteroatoms. The number of hydrogen-bond acceptors (Lipinski definition) is 0. The molecule has 11 heavy (non-hydrogen) atoms. The summed E-state index contributed by atoms with van der Waals surface area (Å²) in [6.45, 7) is 5.01. The monoisotopic (exact) mass is 152 g/mol. The fraction of sp³-hybridized carbons (Fsp3) is 1.00. The Kier molecular flexibility index (Phi) is 1.74. The van der Waals surface area contributed by atoms with Crippen LogP contribution in [0.2, 0.25) is 0 Å². The van der Waals surface area contributed by atoms with Gasteiger partial charge in [-0.15, -0.1) is 0 Å². The van der Waals surface area contributed by atoms with Crippen molar-refractivity contribution in [3.05, 3.63) is 0 Å². The highest BCUT2D eigenvalue weighted by atomic mass is 14.5. The van der Waals surface area contributed by atoms with Crippen molar-refractivity contribution in [2.75, 3.05) is 0 Å². The first kappa shape index (κ1) is 7.64. The summed E-state index contributed by atoms with van der Waals surface area (Å²) in [5.74, 6) is 2.10. The van der Waals surface area contributed by atoms with Crippen LogP contribution >= 0.6 is 0 Å². The second kappa shape index (κ2) is 2.50. The second-order valence-corrected chi connectivity index (χ2v) is 4.99. The van der Waals surface area contributed by atoms with Gasteiger partial charge in [0, 0.05) is 0 Å². The lowest BCUT2D eigenvalue weighted by molar-refractivity contribution is 0.210. The third kappa shape index (κ3) is 1.11. The zero-order valence-electron chi connectivity index (χ0n) is 7.90. The van der Waals surface area contributed by atoms with Gasteiger partial charge in [0.1, 0.15) is 0 Å². The van der Waals surface area contributed by atoms with Crippen molar-refractivity contribution < 1.29 is 0 Å². The van der Waals surface area contributed by atoms with Crippen molar-refractivity contribution in [1.82, 2.24) is 0 Å². The van der Waals surface area contributed by atoms with Gasteiger partial charge in [-0.25, -0.2) is 0 Å². The molecule has 0 heterocycles. The van der Waals surface area contributed by atoms with Crippen LogP contribution in [0.3, 0.4) is 0 Å². The molecule has 0 aromatic rings. The Morgan fingerprint density at radius 2 is 1.91 bits per heavy atom. The van der Waals surface area contributed by atoms with Gasteiger partial charge in [0.2, 0.25) is 0 Å². The summed E-state index contributed by atoms with van der Waals surface area (Å²) in [6, 6.07) is 0. The van der Waals surface area contributed by atoms with Gasteiger partial charge in [-0.3, -0.25) is 0 Å². The van der Waals surface area contributed by atoms with Gasteiger partial charge < -0.3 is 0 Å². The Hall–Kier alpha value is 0. The smallest absolute Gasteiger partial charge is 0.0297 e. The first-order valence-electron chi connectivity index (χ1n) is 5.22. The summed E-state index contributed by atoms with van der Waals surface area (Å²) in [4.78, 5) is 0. The Morgan fingerprint density at radius 1 is 1.09 bits per heavy atom. The molecule has 0 N–H and O–H groups in total. The van der Waals surface area contributed by atoms with Gasteiger partial charge in [-0.05, 0) is 36.5 Å². The highest BCUT2D eigenvalue weighted by Gasteiger charge is 2.42. The number of rotatable bonds is 0. The first-order chi connectivity index (χ1) is 5.22. The molecule has 3 unspecified atom stereocenters. The Balaban J connectivity index is 2.18. The van der Waals surface area contributed by atoms with E-state index in [1.54, 1.807) is 0 Å². The van der Waals surface area contributed by atoms with Gasteiger partial charge in [0.15, 0.2) is 0 Å². The van der Waals surface area contributed by atoms with Crippen LogP contribution < -0.4 is 0 Å². The summed E-state index contributed by atoms with van der Waals surface area (Å²) >= 11 is 0. The lowest BCUT2D eigenvalue weighted by Crippen LogP contribution is -2.20. The quantitative estimate of drug-likeness (QED) is 0.497. The number of hydrogen-bond donors (Lipinski definition) is 0. The molecule has 0 aromatic carbocycles. The van der Waals surface area contributed by atoms with E-state index in [4.69, 9.17) is 0 Å². The molecule has 0 spiro atoms. The van der Waals surface area contributed by atoms with Crippen molar-refractivity contribution in [2.24, 2.45) is 17.3 Å². The molecule has 0 amide bonds. The van der Waals surface area contributed by atoms with E-state index < -0.39 is 0 Å². The maximum Gasteiger partial charge on any atom is -0.0297 e. The molecule has 2 bridgehead atoms. The molecule has 64 valence electrons. The van der Waals surface area contributed by atoms with Crippen LogP contribution in [0.25, 0.3) is 0 Å². The first-order valence-corrected chi connectivity index (χ1v) is 5.22. The van der Waals surface area contributed by atoms with Gasteiger partial charge in [-0.2, -0.15) is 0 Å². The molecule has 3 atom stereocenters. The van der Waals surface area contributed by atoms with E-state index >= 15 is 0 Å².